The summed E-state index contributed by atoms with van der Waals surface area (Å²) in [5.74, 6) is 1.54. The Labute approximate surface area is 181 Å². The lowest BCUT2D eigenvalue weighted by Gasteiger charge is -2.20. The van der Waals surface area contributed by atoms with Crippen LogP contribution in [0.5, 0.6) is 17.2 Å². The third-order valence-corrected chi connectivity index (χ3v) is 5.53. The van der Waals surface area contributed by atoms with E-state index < -0.39 is 0 Å². The summed E-state index contributed by atoms with van der Waals surface area (Å²) in [6, 6.07) is 8.92. The molecule has 1 amide bonds. The number of carbonyl (C=O) groups is 2. The van der Waals surface area contributed by atoms with E-state index >= 15 is 0 Å². The van der Waals surface area contributed by atoms with Crippen molar-refractivity contribution in [1.29, 1.82) is 0 Å². The SMILES string of the molecule is COc1c2c(cc3c1OCO3)CCN(C)C(C(=O)c1ccc(NC(=O)C(C)C)cc1)=C2. The van der Waals surface area contributed by atoms with Gasteiger partial charge in [-0.3, -0.25) is 9.59 Å². The number of likely N-dealkylation sites (N-methyl/N-ethyl adjacent to an activating group) is 1. The number of hydrogen-bond acceptors (Lipinski definition) is 6. The summed E-state index contributed by atoms with van der Waals surface area (Å²) in [5.41, 5.74) is 3.65. The van der Waals surface area contributed by atoms with Crippen molar-refractivity contribution >= 4 is 23.5 Å². The zero-order valence-corrected chi connectivity index (χ0v) is 18.2. The smallest absolute Gasteiger partial charge is 0.231 e. The fourth-order valence-corrected chi connectivity index (χ4v) is 3.68. The van der Waals surface area contributed by atoms with Gasteiger partial charge in [0.25, 0.3) is 0 Å². The van der Waals surface area contributed by atoms with Crippen LogP contribution in [-0.4, -0.2) is 44.1 Å². The summed E-state index contributed by atoms with van der Waals surface area (Å²) >= 11 is 0. The molecule has 2 aromatic rings. The maximum atomic E-state index is 13.4. The summed E-state index contributed by atoms with van der Waals surface area (Å²) in [4.78, 5) is 27.2. The number of fused-ring (bicyclic) bond motifs is 2. The number of hydrogen-bond donors (Lipinski definition) is 1. The van der Waals surface area contributed by atoms with E-state index in [2.05, 4.69) is 5.32 Å². The molecule has 2 heterocycles. The second-order valence-electron chi connectivity index (χ2n) is 7.97. The average molecular weight is 422 g/mol. The molecule has 0 unspecified atom stereocenters. The first-order valence-corrected chi connectivity index (χ1v) is 10.3. The molecular formula is C24H26N2O5. The fraction of sp³-hybridized carbons (Fsp3) is 0.333. The van der Waals surface area contributed by atoms with E-state index in [9.17, 15) is 9.59 Å². The Morgan fingerprint density at radius 1 is 1.16 bits per heavy atom. The molecule has 2 aliphatic rings. The minimum atomic E-state index is -0.114. The summed E-state index contributed by atoms with van der Waals surface area (Å²) in [6.07, 6.45) is 2.60. The largest absolute Gasteiger partial charge is 0.492 e. The zero-order chi connectivity index (χ0) is 22.1. The Kier molecular flexibility index (Phi) is 5.59. The number of anilines is 1. The van der Waals surface area contributed by atoms with Gasteiger partial charge in [0, 0.05) is 36.3 Å². The first-order chi connectivity index (χ1) is 14.9. The van der Waals surface area contributed by atoms with Crippen molar-refractivity contribution in [2.24, 2.45) is 5.92 Å². The predicted molar refractivity (Wildman–Crippen MR) is 118 cm³/mol. The highest BCUT2D eigenvalue weighted by molar-refractivity contribution is 6.11. The molecule has 7 nitrogen and oxygen atoms in total. The van der Waals surface area contributed by atoms with Gasteiger partial charge in [0.2, 0.25) is 24.2 Å². The van der Waals surface area contributed by atoms with E-state index in [-0.39, 0.29) is 24.4 Å². The molecule has 31 heavy (non-hydrogen) atoms. The maximum Gasteiger partial charge on any atom is 0.231 e. The molecule has 0 saturated heterocycles. The normalized spacial score (nSPS) is 14.6. The predicted octanol–water partition coefficient (Wildman–Crippen LogP) is 3.73. The minimum absolute atomic E-state index is 0.0623. The standard InChI is InChI=1S/C24H26N2O5/c1-14(2)24(28)25-17-7-5-15(6-8-17)21(27)19-12-18-16(9-10-26(19)3)11-20-23(22(18)29-4)31-13-30-20/h5-8,11-12,14H,9-10,13H2,1-4H3,(H,25,28). The van der Waals surface area contributed by atoms with Gasteiger partial charge in [-0.25, -0.2) is 0 Å². The van der Waals surface area contributed by atoms with Gasteiger partial charge in [-0.2, -0.15) is 0 Å². The van der Waals surface area contributed by atoms with Crippen LogP contribution >= 0.6 is 0 Å². The van der Waals surface area contributed by atoms with Crippen LogP contribution < -0.4 is 19.5 Å². The van der Waals surface area contributed by atoms with E-state index in [4.69, 9.17) is 14.2 Å². The number of Topliss-reactive ketones (excluding diaryl/α,β-unsaturated/α-hetero) is 1. The number of carbonyl (C=O) groups excluding carboxylic acids is 2. The van der Waals surface area contributed by atoms with Crippen LogP contribution in [0.15, 0.2) is 36.0 Å². The van der Waals surface area contributed by atoms with Gasteiger partial charge in [-0.1, -0.05) is 13.8 Å². The van der Waals surface area contributed by atoms with Crippen LogP contribution in [0.1, 0.15) is 35.3 Å². The molecule has 0 spiro atoms. The molecule has 7 heteroatoms. The number of nitrogens with one attached hydrogen (secondary N) is 1. The average Bonchev–Trinajstić information content (AvgIpc) is 3.16. The van der Waals surface area contributed by atoms with Gasteiger partial charge >= 0.3 is 0 Å². The number of methoxy groups -OCH3 is 1. The van der Waals surface area contributed by atoms with Crippen molar-refractivity contribution in [3.63, 3.8) is 0 Å². The van der Waals surface area contributed by atoms with Crippen molar-refractivity contribution in [1.82, 2.24) is 4.90 Å². The van der Waals surface area contributed by atoms with Crippen molar-refractivity contribution < 1.29 is 23.8 Å². The molecule has 0 aromatic heterocycles. The number of nitrogens with zero attached hydrogens (tertiary/aromatic N) is 1. The lowest BCUT2D eigenvalue weighted by atomic mass is 10.0. The summed E-state index contributed by atoms with van der Waals surface area (Å²) in [6.45, 7) is 4.50. The van der Waals surface area contributed by atoms with Crippen LogP contribution in [0.2, 0.25) is 0 Å². The van der Waals surface area contributed by atoms with E-state index in [1.165, 1.54) is 0 Å². The van der Waals surface area contributed by atoms with E-state index in [0.717, 1.165) is 17.5 Å². The van der Waals surface area contributed by atoms with Crippen molar-refractivity contribution in [2.45, 2.75) is 20.3 Å². The summed E-state index contributed by atoms with van der Waals surface area (Å²) in [5, 5.41) is 2.84. The van der Waals surface area contributed by atoms with Crippen LogP contribution in [0.4, 0.5) is 5.69 Å². The Bertz CT molecular complexity index is 1060. The van der Waals surface area contributed by atoms with Crippen molar-refractivity contribution in [2.75, 3.05) is 32.8 Å². The number of ether oxygens (including phenoxy) is 3. The molecule has 2 aliphatic heterocycles. The highest BCUT2D eigenvalue weighted by Gasteiger charge is 2.28. The Balaban J connectivity index is 1.67. The fourth-order valence-electron chi connectivity index (χ4n) is 3.68. The minimum Gasteiger partial charge on any atom is -0.492 e. The lowest BCUT2D eigenvalue weighted by molar-refractivity contribution is -0.118. The van der Waals surface area contributed by atoms with Gasteiger partial charge in [0.1, 0.15) is 0 Å². The topological polar surface area (TPSA) is 77.1 Å². The van der Waals surface area contributed by atoms with E-state index in [1.807, 2.05) is 37.9 Å². The van der Waals surface area contributed by atoms with Gasteiger partial charge in [-0.05, 0) is 48.4 Å². The quantitative estimate of drug-likeness (QED) is 0.740. The lowest BCUT2D eigenvalue weighted by Crippen LogP contribution is -2.24. The molecule has 4 rings (SSSR count). The molecule has 0 fully saturated rings. The third kappa shape index (κ3) is 3.95. The van der Waals surface area contributed by atoms with E-state index in [0.29, 0.717) is 40.7 Å². The number of ketones is 1. The molecule has 0 radical (unpaired) electrons. The molecule has 2 aromatic carbocycles. The number of amides is 1. The van der Waals surface area contributed by atoms with Crippen molar-refractivity contribution in [3.8, 4) is 17.2 Å². The third-order valence-electron chi connectivity index (χ3n) is 5.53. The molecule has 0 atom stereocenters. The number of allylic oxidation sites excluding steroid dienone is 1. The highest BCUT2D eigenvalue weighted by atomic mass is 16.7. The Morgan fingerprint density at radius 3 is 2.58 bits per heavy atom. The Morgan fingerprint density at radius 2 is 1.90 bits per heavy atom. The summed E-state index contributed by atoms with van der Waals surface area (Å²) in [7, 11) is 3.49. The first-order valence-electron chi connectivity index (χ1n) is 10.3. The summed E-state index contributed by atoms with van der Waals surface area (Å²) < 4.78 is 16.8. The number of benzene rings is 2. The van der Waals surface area contributed by atoms with Crippen LogP contribution in [0.25, 0.3) is 6.08 Å². The second-order valence-corrected chi connectivity index (χ2v) is 7.97. The maximum absolute atomic E-state index is 13.4. The molecule has 0 aliphatic carbocycles. The second kappa shape index (κ2) is 8.34. The van der Waals surface area contributed by atoms with Crippen LogP contribution in [-0.2, 0) is 11.2 Å². The van der Waals surface area contributed by atoms with Gasteiger partial charge in [0.05, 0.1) is 12.8 Å². The zero-order valence-electron chi connectivity index (χ0n) is 18.2. The van der Waals surface area contributed by atoms with Crippen molar-refractivity contribution in [3.05, 3.63) is 52.7 Å². The first kappa shape index (κ1) is 20.8. The Hall–Kier alpha value is -3.48. The van der Waals surface area contributed by atoms with Gasteiger partial charge in [-0.15, -0.1) is 0 Å². The van der Waals surface area contributed by atoms with Gasteiger partial charge in [0.15, 0.2) is 11.5 Å². The van der Waals surface area contributed by atoms with Crippen LogP contribution in [0.3, 0.4) is 0 Å². The molecule has 162 valence electrons. The van der Waals surface area contributed by atoms with Gasteiger partial charge < -0.3 is 24.4 Å². The molecular weight excluding hydrogens is 396 g/mol. The molecule has 0 saturated carbocycles. The van der Waals surface area contributed by atoms with Crippen LogP contribution in [0, 0.1) is 5.92 Å². The molecule has 1 N–H and O–H groups in total. The number of rotatable bonds is 5. The highest BCUT2D eigenvalue weighted by Crippen LogP contribution is 2.46. The molecule has 0 bridgehead atoms. The monoisotopic (exact) mass is 422 g/mol. The van der Waals surface area contributed by atoms with E-state index in [1.54, 1.807) is 31.4 Å².